The Morgan fingerprint density at radius 2 is 1.42 bits per heavy atom. The molecule has 238 valence electrons. The second kappa shape index (κ2) is 16.2. The van der Waals surface area contributed by atoms with Crippen LogP contribution in [0.15, 0.2) is 30.3 Å². The van der Waals surface area contributed by atoms with Crippen molar-refractivity contribution in [3.8, 4) is 0 Å². The molecule has 4 fully saturated rings. The molecule has 0 bridgehead atoms. The monoisotopic (exact) mass is 598 g/mol. The largest absolute Gasteiger partial charge is 0.461 e. The van der Waals surface area contributed by atoms with Crippen LogP contribution >= 0.6 is 0 Å². The Kier molecular flexibility index (Phi) is 12.4. The van der Waals surface area contributed by atoms with Crippen molar-refractivity contribution in [3.63, 3.8) is 0 Å². The van der Waals surface area contributed by atoms with E-state index in [2.05, 4.69) is 22.2 Å². The minimum atomic E-state index is -0.501. The molecule has 1 N–H and O–H groups in total. The van der Waals surface area contributed by atoms with E-state index in [9.17, 15) is 19.2 Å². The molecule has 4 saturated heterocycles. The molecule has 0 spiro atoms. The van der Waals surface area contributed by atoms with Crippen molar-refractivity contribution in [2.75, 3.05) is 79.5 Å². The zero-order valence-corrected chi connectivity index (χ0v) is 26.2. The van der Waals surface area contributed by atoms with Crippen molar-refractivity contribution in [1.29, 1.82) is 0 Å². The number of likely N-dealkylation sites (N-methyl/N-ethyl adjacent to an activating group) is 2. The lowest BCUT2D eigenvalue weighted by Crippen LogP contribution is -2.54. The van der Waals surface area contributed by atoms with E-state index < -0.39 is 17.9 Å². The molecule has 4 aliphatic rings. The number of amides is 3. The van der Waals surface area contributed by atoms with E-state index in [-0.39, 0.29) is 30.9 Å². The summed E-state index contributed by atoms with van der Waals surface area (Å²) in [7, 11) is 4.15. The number of ether oxygens (including phenoxy) is 1. The van der Waals surface area contributed by atoms with Crippen molar-refractivity contribution in [2.24, 2.45) is 5.92 Å². The highest BCUT2D eigenvalue weighted by atomic mass is 16.5. The normalized spacial score (nSPS) is 23.8. The number of carbonyl (C=O) groups is 4. The molecule has 1 aromatic carbocycles. The fourth-order valence-electron chi connectivity index (χ4n) is 6.08. The zero-order valence-electron chi connectivity index (χ0n) is 26.2. The SMILES string of the molecule is CN1CCN(C(=O)[C@@H]2CCCN2)CC1.C[C@H](CC(=O)OCc1ccccc1)C(=O)N1CCC[C@H]1C(=O)N1CCN(C)CC1. The summed E-state index contributed by atoms with van der Waals surface area (Å²) in [4.78, 5) is 60.0. The lowest BCUT2D eigenvalue weighted by atomic mass is 10.1. The maximum Gasteiger partial charge on any atom is 0.306 e. The molecule has 5 rings (SSSR count). The maximum absolute atomic E-state index is 12.9. The average molecular weight is 599 g/mol. The van der Waals surface area contributed by atoms with Crippen LogP contribution in [0.1, 0.15) is 44.6 Å². The Labute approximate surface area is 256 Å². The third-order valence-electron chi connectivity index (χ3n) is 8.95. The molecule has 43 heavy (non-hydrogen) atoms. The van der Waals surface area contributed by atoms with Crippen LogP contribution in [0.3, 0.4) is 0 Å². The van der Waals surface area contributed by atoms with Gasteiger partial charge in [0, 0.05) is 64.8 Å². The van der Waals surface area contributed by atoms with Crippen LogP contribution in [0.2, 0.25) is 0 Å². The van der Waals surface area contributed by atoms with E-state index in [1.807, 2.05) is 47.2 Å². The Morgan fingerprint density at radius 1 is 0.814 bits per heavy atom. The van der Waals surface area contributed by atoms with E-state index in [4.69, 9.17) is 4.74 Å². The number of likely N-dealkylation sites (tertiary alicyclic amines) is 1. The smallest absolute Gasteiger partial charge is 0.306 e. The Balaban J connectivity index is 0.000000251. The van der Waals surface area contributed by atoms with Crippen molar-refractivity contribution in [3.05, 3.63) is 35.9 Å². The summed E-state index contributed by atoms with van der Waals surface area (Å²) in [5, 5.41) is 3.26. The van der Waals surface area contributed by atoms with E-state index >= 15 is 0 Å². The van der Waals surface area contributed by atoms with Gasteiger partial charge < -0.3 is 34.6 Å². The lowest BCUT2D eigenvalue weighted by Gasteiger charge is -2.36. The highest BCUT2D eigenvalue weighted by Crippen LogP contribution is 2.23. The minimum absolute atomic E-state index is 0.0254. The Morgan fingerprint density at radius 3 is 2.00 bits per heavy atom. The van der Waals surface area contributed by atoms with E-state index in [0.717, 1.165) is 70.6 Å². The third kappa shape index (κ3) is 9.48. The van der Waals surface area contributed by atoms with E-state index in [1.165, 1.54) is 0 Å². The second-order valence-electron chi connectivity index (χ2n) is 12.3. The second-order valence-corrected chi connectivity index (χ2v) is 12.3. The van der Waals surface area contributed by atoms with Gasteiger partial charge in [-0.1, -0.05) is 37.3 Å². The first-order valence-corrected chi connectivity index (χ1v) is 15.9. The van der Waals surface area contributed by atoms with Crippen LogP contribution in [0.25, 0.3) is 0 Å². The number of rotatable bonds is 7. The van der Waals surface area contributed by atoms with Gasteiger partial charge in [-0.05, 0) is 51.9 Å². The lowest BCUT2D eigenvalue weighted by molar-refractivity contribution is -0.151. The van der Waals surface area contributed by atoms with Gasteiger partial charge in [-0.15, -0.1) is 0 Å². The van der Waals surface area contributed by atoms with Gasteiger partial charge in [-0.25, -0.2) is 0 Å². The fraction of sp³-hybridized carbons (Fsp3) is 0.688. The predicted octanol–water partition coefficient (Wildman–Crippen LogP) is 1.03. The van der Waals surface area contributed by atoms with Gasteiger partial charge in [0.05, 0.1) is 12.5 Å². The van der Waals surface area contributed by atoms with Gasteiger partial charge in [0.2, 0.25) is 17.7 Å². The van der Waals surface area contributed by atoms with Crippen molar-refractivity contribution < 1.29 is 23.9 Å². The number of carbonyl (C=O) groups excluding carboxylic acids is 4. The van der Waals surface area contributed by atoms with Crippen LogP contribution in [0, 0.1) is 5.92 Å². The standard InChI is InChI=1S/C22H31N3O4.C10H19N3O/c1-17(15-20(26)29-16-18-7-4-3-5-8-18)21(27)25-10-6-9-19(25)22(28)24-13-11-23(2)12-14-24;1-12-5-7-13(8-6-12)10(14)9-3-2-4-11-9/h3-5,7-8,17,19H,6,9-16H2,1-2H3;9,11H,2-8H2,1H3/t17-,19+;9-/m10/s1. The van der Waals surface area contributed by atoms with Crippen molar-refractivity contribution in [1.82, 2.24) is 29.8 Å². The highest BCUT2D eigenvalue weighted by Gasteiger charge is 2.39. The first kappa shape index (κ1) is 32.9. The Hall–Kier alpha value is -3.02. The summed E-state index contributed by atoms with van der Waals surface area (Å²) in [5.41, 5.74) is 0.914. The summed E-state index contributed by atoms with van der Waals surface area (Å²) in [6.07, 6.45) is 3.70. The molecular formula is C32H50N6O5. The fourth-order valence-corrected chi connectivity index (χ4v) is 6.08. The first-order valence-electron chi connectivity index (χ1n) is 15.9. The molecule has 0 aromatic heterocycles. The average Bonchev–Trinajstić information content (AvgIpc) is 3.74. The van der Waals surface area contributed by atoms with E-state index in [0.29, 0.717) is 32.0 Å². The van der Waals surface area contributed by atoms with Crippen LogP contribution < -0.4 is 5.32 Å². The molecule has 0 unspecified atom stereocenters. The molecule has 11 nitrogen and oxygen atoms in total. The van der Waals surface area contributed by atoms with Gasteiger partial charge >= 0.3 is 5.97 Å². The van der Waals surface area contributed by atoms with Gasteiger partial charge in [-0.2, -0.15) is 0 Å². The number of hydrogen-bond acceptors (Lipinski definition) is 8. The predicted molar refractivity (Wildman–Crippen MR) is 164 cm³/mol. The number of esters is 1. The van der Waals surface area contributed by atoms with Crippen LogP contribution in [-0.2, 0) is 30.5 Å². The molecule has 3 atom stereocenters. The third-order valence-corrected chi connectivity index (χ3v) is 8.95. The number of hydrogen-bond donors (Lipinski definition) is 1. The van der Waals surface area contributed by atoms with Gasteiger partial charge in [-0.3, -0.25) is 19.2 Å². The summed E-state index contributed by atoms with van der Waals surface area (Å²) >= 11 is 0. The summed E-state index contributed by atoms with van der Waals surface area (Å²) in [6, 6.07) is 9.18. The summed E-state index contributed by atoms with van der Waals surface area (Å²) < 4.78 is 5.30. The number of piperazine rings is 2. The van der Waals surface area contributed by atoms with Gasteiger partial charge in [0.1, 0.15) is 12.6 Å². The number of benzene rings is 1. The molecule has 0 radical (unpaired) electrons. The molecular weight excluding hydrogens is 548 g/mol. The summed E-state index contributed by atoms with van der Waals surface area (Å²) in [6.45, 7) is 10.5. The molecule has 4 aliphatic heterocycles. The number of nitrogens with one attached hydrogen (secondary N) is 1. The molecule has 0 aliphatic carbocycles. The zero-order chi connectivity index (χ0) is 30.8. The molecule has 3 amide bonds. The summed E-state index contributed by atoms with van der Waals surface area (Å²) in [5.74, 6) is -0.667. The van der Waals surface area contributed by atoms with Crippen molar-refractivity contribution in [2.45, 2.75) is 57.7 Å². The van der Waals surface area contributed by atoms with Gasteiger partial charge in [0.25, 0.3) is 0 Å². The Bertz CT molecular complexity index is 1070. The topological polar surface area (TPSA) is 106 Å². The van der Waals surface area contributed by atoms with Crippen molar-refractivity contribution >= 4 is 23.7 Å². The molecule has 1 aromatic rings. The molecule has 0 saturated carbocycles. The first-order chi connectivity index (χ1) is 20.7. The maximum atomic E-state index is 12.9. The van der Waals surface area contributed by atoms with Crippen LogP contribution in [0.5, 0.6) is 0 Å². The molecule has 4 heterocycles. The minimum Gasteiger partial charge on any atom is -0.461 e. The van der Waals surface area contributed by atoms with Crippen LogP contribution in [-0.4, -0.2) is 140 Å². The molecule has 11 heteroatoms. The quantitative estimate of drug-likeness (QED) is 0.465. The highest BCUT2D eigenvalue weighted by molar-refractivity contribution is 5.90. The van der Waals surface area contributed by atoms with Gasteiger partial charge in [0.15, 0.2) is 0 Å². The van der Waals surface area contributed by atoms with Crippen LogP contribution in [0.4, 0.5) is 0 Å². The number of nitrogens with zero attached hydrogens (tertiary/aromatic N) is 5. The van der Waals surface area contributed by atoms with E-state index in [1.54, 1.807) is 11.8 Å².